The molecule has 0 amide bonds. The molecule has 0 heterocycles. The van der Waals surface area contributed by atoms with E-state index in [9.17, 15) is 0 Å². The van der Waals surface area contributed by atoms with Crippen LogP contribution in [0.15, 0.2) is 0 Å². The Balaban J connectivity index is 2.03. The van der Waals surface area contributed by atoms with Crippen molar-refractivity contribution in [2.45, 2.75) is 33.6 Å². The fourth-order valence-corrected chi connectivity index (χ4v) is 3.20. The van der Waals surface area contributed by atoms with Gasteiger partial charge in [-0.1, -0.05) is 20.8 Å². The van der Waals surface area contributed by atoms with E-state index in [2.05, 4.69) is 20.8 Å². The predicted molar refractivity (Wildman–Crippen MR) is 49.7 cm³/mol. The Kier molecular flexibility index (Phi) is 1.76. The van der Waals surface area contributed by atoms with Crippen LogP contribution in [0, 0.1) is 29.1 Å². The van der Waals surface area contributed by atoms with E-state index >= 15 is 0 Å². The SMILES string of the molecule is C[C@@H]1C[C@H]2[C@@H](C[C@H]1CO)C2(C)C. The van der Waals surface area contributed by atoms with E-state index in [1.165, 1.54) is 12.8 Å². The monoisotopic (exact) mass is 168 g/mol. The molecule has 0 radical (unpaired) electrons. The number of aliphatic hydroxyl groups excluding tert-OH is 1. The van der Waals surface area contributed by atoms with Gasteiger partial charge in [-0.2, -0.15) is 0 Å². The van der Waals surface area contributed by atoms with Crippen molar-refractivity contribution in [1.82, 2.24) is 0 Å². The van der Waals surface area contributed by atoms with Crippen molar-refractivity contribution in [1.29, 1.82) is 0 Å². The lowest BCUT2D eigenvalue weighted by Gasteiger charge is -2.26. The molecule has 2 aliphatic rings. The van der Waals surface area contributed by atoms with Gasteiger partial charge >= 0.3 is 0 Å². The van der Waals surface area contributed by atoms with Crippen molar-refractivity contribution in [2.24, 2.45) is 29.1 Å². The van der Waals surface area contributed by atoms with Gasteiger partial charge in [-0.15, -0.1) is 0 Å². The Labute approximate surface area is 75.2 Å². The van der Waals surface area contributed by atoms with E-state index in [1.807, 2.05) is 0 Å². The molecule has 0 aliphatic heterocycles. The van der Waals surface area contributed by atoms with Gasteiger partial charge in [-0.05, 0) is 41.9 Å². The Morgan fingerprint density at radius 1 is 1.25 bits per heavy atom. The van der Waals surface area contributed by atoms with Gasteiger partial charge in [0.25, 0.3) is 0 Å². The summed E-state index contributed by atoms with van der Waals surface area (Å²) >= 11 is 0. The molecule has 4 atom stereocenters. The van der Waals surface area contributed by atoms with Gasteiger partial charge in [-0.25, -0.2) is 0 Å². The molecule has 70 valence electrons. The maximum atomic E-state index is 9.17. The summed E-state index contributed by atoms with van der Waals surface area (Å²) in [6.45, 7) is 7.47. The van der Waals surface area contributed by atoms with Crippen molar-refractivity contribution in [3.05, 3.63) is 0 Å². The molecule has 2 rings (SSSR count). The van der Waals surface area contributed by atoms with Crippen molar-refractivity contribution in [3.8, 4) is 0 Å². The van der Waals surface area contributed by atoms with Crippen LogP contribution in [0.1, 0.15) is 33.6 Å². The van der Waals surface area contributed by atoms with Crippen LogP contribution >= 0.6 is 0 Å². The van der Waals surface area contributed by atoms with Crippen LogP contribution in [0.2, 0.25) is 0 Å². The molecule has 1 N–H and O–H groups in total. The van der Waals surface area contributed by atoms with E-state index in [0.29, 0.717) is 17.9 Å². The molecule has 1 nitrogen and oxygen atoms in total. The summed E-state index contributed by atoms with van der Waals surface area (Å²) in [4.78, 5) is 0. The smallest absolute Gasteiger partial charge is 0.0461 e. The maximum Gasteiger partial charge on any atom is 0.0461 e. The molecule has 0 aromatic heterocycles. The number of hydrogen-bond donors (Lipinski definition) is 1. The van der Waals surface area contributed by atoms with Crippen LogP contribution in [0.4, 0.5) is 0 Å². The van der Waals surface area contributed by atoms with E-state index in [1.54, 1.807) is 0 Å². The quantitative estimate of drug-likeness (QED) is 0.637. The Hall–Kier alpha value is -0.0400. The maximum absolute atomic E-state index is 9.17. The second-order valence-corrected chi connectivity index (χ2v) is 5.43. The standard InChI is InChI=1S/C11H20O/c1-7-4-9-10(11(9,2)3)5-8(7)6-12/h7-10,12H,4-6H2,1-3H3/t7-,8+,9+,10-/m1/s1. The van der Waals surface area contributed by atoms with Crippen molar-refractivity contribution in [2.75, 3.05) is 6.61 Å². The summed E-state index contributed by atoms with van der Waals surface area (Å²) in [5.74, 6) is 3.23. The lowest BCUT2D eigenvalue weighted by Crippen LogP contribution is -2.21. The van der Waals surface area contributed by atoms with Crippen LogP contribution in [-0.2, 0) is 0 Å². The van der Waals surface area contributed by atoms with Crippen LogP contribution in [0.3, 0.4) is 0 Å². The summed E-state index contributed by atoms with van der Waals surface area (Å²) in [7, 11) is 0. The summed E-state index contributed by atoms with van der Waals surface area (Å²) in [6, 6.07) is 0. The van der Waals surface area contributed by atoms with Crippen LogP contribution < -0.4 is 0 Å². The van der Waals surface area contributed by atoms with Gasteiger partial charge in [0, 0.05) is 6.61 Å². The van der Waals surface area contributed by atoms with Crippen molar-refractivity contribution >= 4 is 0 Å². The summed E-state index contributed by atoms with van der Waals surface area (Å²) in [6.07, 6.45) is 2.62. The molecule has 12 heavy (non-hydrogen) atoms. The van der Waals surface area contributed by atoms with Crippen molar-refractivity contribution in [3.63, 3.8) is 0 Å². The molecule has 0 unspecified atom stereocenters. The highest BCUT2D eigenvalue weighted by Crippen LogP contribution is 2.66. The van der Waals surface area contributed by atoms with Crippen LogP contribution in [0.25, 0.3) is 0 Å². The van der Waals surface area contributed by atoms with Gasteiger partial charge in [0.05, 0.1) is 0 Å². The second-order valence-electron chi connectivity index (χ2n) is 5.43. The van der Waals surface area contributed by atoms with E-state index in [-0.39, 0.29) is 0 Å². The number of aliphatic hydroxyl groups is 1. The first-order valence-electron chi connectivity index (χ1n) is 5.18. The van der Waals surface area contributed by atoms with Crippen LogP contribution in [-0.4, -0.2) is 11.7 Å². The minimum Gasteiger partial charge on any atom is -0.396 e. The zero-order valence-electron chi connectivity index (χ0n) is 8.38. The first kappa shape index (κ1) is 8.55. The summed E-state index contributed by atoms with van der Waals surface area (Å²) < 4.78 is 0. The Bertz CT molecular complexity index is 185. The summed E-state index contributed by atoms with van der Waals surface area (Å²) in [5, 5.41) is 9.17. The first-order valence-corrected chi connectivity index (χ1v) is 5.18. The fourth-order valence-electron chi connectivity index (χ4n) is 3.20. The second kappa shape index (κ2) is 2.47. The first-order chi connectivity index (χ1) is 5.57. The molecule has 0 bridgehead atoms. The van der Waals surface area contributed by atoms with Crippen LogP contribution in [0.5, 0.6) is 0 Å². The average Bonchev–Trinajstić information content (AvgIpc) is 2.52. The number of rotatable bonds is 1. The largest absolute Gasteiger partial charge is 0.396 e. The van der Waals surface area contributed by atoms with Gasteiger partial charge in [0.1, 0.15) is 0 Å². The molecule has 0 aromatic rings. The zero-order chi connectivity index (χ0) is 8.93. The molecular weight excluding hydrogens is 148 g/mol. The van der Waals surface area contributed by atoms with Crippen molar-refractivity contribution < 1.29 is 5.11 Å². The minimum absolute atomic E-state index is 0.403. The topological polar surface area (TPSA) is 20.2 Å². The number of hydrogen-bond acceptors (Lipinski definition) is 1. The Morgan fingerprint density at radius 3 is 2.42 bits per heavy atom. The van der Waals surface area contributed by atoms with E-state index in [4.69, 9.17) is 5.11 Å². The normalized spacial score (nSPS) is 50.0. The molecule has 2 aliphatic carbocycles. The molecule has 2 saturated carbocycles. The molecule has 0 spiro atoms. The van der Waals surface area contributed by atoms with Gasteiger partial charge < -0.3 is 5.11 Å². The van der Waals surface area contributed by atoms with Gasteiger partial charge in [-0.3, -0.25) is 0 Å². The highest BCUT2D eigenvalue weighted by molar-refractivity contribution is 5.08. The third-order valence-electron chi connectivity index (χ3n) is 4.51. The molecular formula is C11H20O. The minimum atomic E-state index is 0.403. The number of fused-ring (bicyclic) bond motifs is 1. The predicted octanol–water partition coefficient (Wildman–Crippen LogP) is 2.30. The van der Waals surface area contributed by atoms with E-state index < -0.39 is 0 Å². The molecule has 2 fully saturated rings. The average molecular weight is 168 g/mol. The molecule has 0 aromatic carbocycles. The van der Waals surface area contributed by atoms with Gasteiger partial charge in [0.2, 0.25) is 0 Å². The lowest BCUT2D eigenvalue weighted by atomic mass is 9.81. The molecule has 0 saturated heterocycles. The third kappa shape index (κ3) is 1.02. The third-order valence-corrected chi connectivity index (χ3v) is 4.51. The fraction of sp³-hybridized carbons (Fsp3) is 1.00. The van der Waals surface area contributed by atoms with Gasteiger partial charge in [0.15, 0.2) is 0 Å². The Morgan fingerprint density at radius 2 is 1.83 bits per heavy atom. The zero-order valence-corrected chi connectivity index (χ0v) is 8.38. The lowest BCUT2D eigenvalue weighted by molar-refractivity contribution is 0.139. The molecule has 1 heteroatoms. The van der Waals surface area contributed by atoms with E-state index in [0.717, 1.165) is 17.8 Å². The summed E-state index contributed by atoms with van der Waals surface area (Å²) in [5.41, 5.74) is 0.595. The highest BCUT2D eigenvalue weighted by Gasteiger charge is 2.60. The highest BCUT2D eigenvalue weighted by atomic mass is 16.3.